The Morgan fingerprint density at radius 2 is 2.44 bits per heavy atom. The number of carbonyl (C=O) groups is 1. The van der Waals surface area contributed by atoms with Gasteiger partial charge in [0.15, 0.2) is 10.8 Å². The van der Waals surface area contributed by atoms with Gasteiger partial charge in [0, 0.05) is 25.2 Å². The first kappa shape index (κ1) is 12.6. The summed E-state index contributed by atoms with van der Waals surface area (Å²) < 4.78 is 6.36. The molecule has 0 aliphatic rings. The molecule has 2 aromatic heterocycles. The van der Waals surface area contributed by atoms with E-state index in [-0.39, 0.29) is 0 Å². The second-order valence-electron chi connectivity index (χ2n) is 3.73. The van der Waals surface area contributed by atoms with Gasteiger partial charge in [0.1, 0.15) is 0 Å². The molecule has 7 heteroatoms. The first-order valence-corrected chi connectivity index (χ1v) is 6.32. The maximum absolute atomic E-state index is 11.2. The molecule has 0 radical (unpaired) electrons. The van der Waals surface area contributed by atoms with Crippen molar-refractivity contribution in [2.24, 2.45) is 7.05 Å². The van der Waals surface area contributed by atoms with Crippen molar-refractivity contribution >= 4 is 22.4 Å². The molecule has 96 valence electrons. The minimum atomic E-state index is -0.411. The van der Waals surface area contributed by atoms with Crippen molar-refractivity contribution in [3.63, 3.8) is 0 Å². The van der Waals surface area contributed by atoms with E-state index in [0.717, 1.165) is 23.7 Å². The number of thiazole rings is 1. The minimum Gasteiger partial charge on any atom is -0.464 e. The second-order valence-corrected chi connectivity index (χ2v) is 4.59. The lowest BCUT2D eigenvalue weighted by Gasteiger charge is -2.00. The molecular weight excluding hydrogens is 252 g/mol. The van der Waals surface area contributed by atoms with Crippen molar-refractivity contribution in [2.75, 3.05) is 19.0 Å². The van der Waals surface area contributed by atoms with E-state index in [4.69, 9.17) is 0 Å². The smallest absolute Gasteiger partial charge is 0.357 e. The minimum absolute atomic E-state index is 0.339. The van der Waals surface area contributed by atoms with Crippen LogP contribution in [0.3, 0.4) is 0 Å². The van der Waals surface area contributed by atoms with Gasteiger partial charge < -0.3 is 10.1 Å². The SMILES string of the molecule is COC(=O)c1csc(NCCc2cnn(C)c2)n1. The van der Waals surface area contributed by atoms with E-state index in [0.29, 0.717) is 5.69 Å². The summed E-state index contributed by atoms with van der Waals surface area (Å²) in [7, 11) is 3.23. The van der Waals surface area contributed by atoms with Gasteiger partial charge in [0.05, 0.1) is 13.3 Å². The van der Waals surface area contributed by atoms with Crippen LogP contribution in [-0.4, -0.2) is 34.4 Å². The average molecular weight is 266 g/mol. The zero-order chi connectivity index (χ0) is 13.0. The summed E-state index contributed by atoms with van der Waals surface area (Å²) in [5.41, 5.74) is 1.50. The van der Waals surface area contributed by atoms with Crippen LogP contribution in [0.4, 0.5) is 5.13 Å². The molecule has 0 bridgehead atoms. The van der Waals surface area contributed by atoms with Gasteiger partial charge in [-0.25, -0.2) is 9.78 Å². The van der Waals surface area contributed by atoms with Crippen molar-refractivity contribution < 1.29 is 9.53 Å². The zero-order valence-electron chi connectivity index (χ0n) is 10.2. The highest BCUT2D eigenvalue weighted by Crippen LogP contribution is 2.15. The van der Waals surface area contributed by atoms with Gasteiger partial charge in [0.25, 0.3) is 0 Å². The summed E-state index contributed by atoms with van der Waals surface area (Å²) in [6.07, 6.45) is 4.67. The predicted octanol–water partition coefficient (Wildman–Crippen LogP) is 1.32. The molecule has 0 saturated heterocycles. The normalized spacial score (nSPS) is 10.3. The molecule has 2 heterocycles. The van der Waals surface area contributed by atoms with Crippen LogP contribution in [0, 0.1) is 0 Å². The summed E-state index contributed by atoms with van der Waals surface area (Å²) in [5, 5.41) is 9.66. The Morgan fingerprint density at radius 1 is 1.61 bits per heavy atom. The maximum atomic E-state index is 11.2. The van der Waals surface area contributed by atoms with Gasteiger partial charge in [0.2, 0.25) is 0 Å². The molecule has 0 aliphatic heterocycles. The molecule has 0 amide bonds. The molecule has 0 atom stereocenters. The third kappa shape index (κ3) is 3.07. The van der Waals surface area contributed by atoms with Gasteiger partial charge in [-0.15, -0.1) is 11.3 Å². The van der Waals surface area contributed by atoms with Crippen molar-refractivity contribution in [2.45, 2.75) is 6.42 Å². The zero-order valence-corrected chi connectivity index (χ0v) is 11.0. The molecule has 2 rings (SSSR count). The third-order valence-corrected chi connectivity index (χ3v) is 3.15. The monoisotopic (exact) mass is 266 g/mol. The first-order valence-electron chi connectivity index (χ1n) is 5.44. The van der Waals surface area contributed by atoms with Gasteiger partial charge >= 0.3 is 5.97 Å². The number of nitrogens with zero attached hydrogens (tertiary/aromatic N) is 3. The van der Waals surface area contributed by atoms with Crippen molar-refractivity contribution in [3.8, 4) is 0 Å². The highest BCUT2D eigenvalue weighted by Gasteiger charge is 2.10. The summed E-state index contributed by atoms with van der Waals surface area (Å²) in [6, 6.07) is 0. The van der Waals surface area contributed by atoms with Crippen LogP contribution in [0.2, 0.25) is 0 Å². The van der Waals surface area contributed by atoms with E-state index in [1.54, 1.807) is 10.1 Å². The van der Waals surface area contributed by atoms with Crippen molar-refractivity contribution in [1.82, 2.24) is 14.8 Å². The summed E-state index contributed by atoms with van der Waals surface area (Å²) in [4.78, 5) is 15.3. The molecule has 0 aromatic carbocycles. The molecule has 0 unspecified atom stereocenters. The number of nitrogens with one attached hydrogen (secondary N) is 1. The number of aryl methyl sites for hydroxylation is 1. The third-order valence-electron chi connectivity index (χ3n) is 2.35. The number of carbonyl (C=O) groups excluding carboxylic acids is 1. The van der Waals surface area contributed by atoms with Crippen molar-refractivity contribution in [3.05, 3.63) is 29.0 Å². The number of hydrogen-bond acceptors (Lipinski definition) is 6. The number of anilines is 1. The number of methoxy groups -OCH3 is 1. The first-order chi connectivity index (χ1) is 8.69. The Bertz CT molecular complexity index is 535. The number of esters is 1. The molecular formula is C11H14N4O2S. The fourth-order valence-corrected chi connectivity index (χ4v) is 2.18. The molecule has 0 aliphatic carbocycles. The van der Waals surface area contributed by atoms with E-state index >= 15 is 0 Å². The van der Waals surface area contributed by atoms with Crippen LogP contribution in [-0.2, 0) is 18.2 Å². The van der Waals surface area contributed by atoms with Gasteiger partial charge in [-0.1, -0.05) is 0 Å². The van der Waals surface area contributed by atoms with E-state index in [1.165, 1.54) is 18.4 Å². The van der Waals surface area contributed by atoms with Crippen molar-refractivity contribution in [1.29, 1.82) is 0 Å². The number of ether oxygens (including phenoxy) is 1. The second kappa shape index (κ2) is 5.63. The molecule has 0 spiro atoms. The predicted molar refractivity (Wildman–Crippen MR) is 68.9 cm³/mol. The summed E-state index contributed by atoms with van der Waals surface area (Å²) in [6.45, 7) is 0.750. The Morgan fingerprint density at radius 3 is 3.11 bits per heavy atom. The fraction of sp³-hybridized carbons (Fsp3) is 0.364. The van der Waals surface area contributed by atoms with Gasteiger partial charge in [-0.3, -0.25) is 4.68 Å². The molecule has 1 N–H and O–H groups in total. The lowest BCUT2D eigenvalue weighted by atomic mass is 10.2. The topological polar surface area (TPSA) is 69.0 Å². The van der Waals surface area contributed by atoms with E-state index in [9.17, 15) is 4.79 Å². The molecule has 6 nitrogen and oxygen atoms in total. The van der Waals surface area contributed by atoms with E-state index < -0.39 is 5.97 Å². The largest absolute Gasteiger partial charge is 0.464 e. The average Bonchev–Trinajstić information content (AvgIpc) is 2.98. The Labute approximate surface area is 109 Å². The standard InChI is InChI=1S/C11H14N4O2S/c1-15-6-8(5-13-15)3-4-12-11-14-9(7-18-11)10(16)17-2/h5-7H,3-4H2,1-2H3,(H,12,14). The van der Waals surface area contributed by atoms with E-state index in [1.807, 2.05) is 19.4 Å². The van der Waals surface area contributed by atoms with Crippen LogP contribution in [0.25, 0.3) is 0 Å². The van der Waals surface area contributed by atoms with Crippen LogP contribution in [0.1, 0.15) is 16.1 Å². The summed E-state index contributed by atoms with van der Waals surface area (Å²) in [5.74, 6) is -0.411. The van der Waals surface area contributed by atoms with Crippen LogP contribution >= 0.6 is 11.3 Å². The van der Waals surface area contributed by atoms with E-state index in [2.05, 4.69) is 20.1 Å². The summed E-state index contributed by atoms with van der Waals surface area (Å²) >= 11 is 1.39. The number of rotatable bonds is 5. The molecule has 2 aromatic rings. The maximum Gasteiger partial charge on any atom is 0.357 e. The molecule has 0 saturated carbocycles. The van der Waals surface area contributed by atoms with Gasteiger partial charge in [-0.2, -0.15) is 5.10 Å². The number of hydrogen-bond donors (Lipinski definition) is 1. The molecule has 0 fully saturated rings. The number of aromatic nitrogens is 3. The fourth-order valence-electron chi connectivity index (χ4n) is 1.47. The van der Waals surface area contributed by atoms with Crippen LogP contribution < -0.4 is 5.32 Å². The quantitative estimate of drug-likeness (QED) is 0.827. The highest BCUT2D eigenvalue weighted by atomic mass is 32.1. The van der Waals surface area contributed by atoms with Crippen LogP contribution in [0.5, 0.6) is 0 Å². The Hall–Kier alpha value is -1.89. The lowest BCUT2D eigenvalue weighted by Crippen LogP contribution is -2.05. The Kier molecular flexibility index (Phi) is 3.93. The van der Waals surface area contributed by atoms with Crippen LogP contribution in [0.15, 0.2) is 17.8 Å². The lowest BCUT2D eigenvalue weighted by molar-refractivity contribution is 0.0595. The highest BCUT2D eigenvalue weighted by molar-refractivity contribution is 7.13. The van der Waals surface area contributed by atoms with Gasteiger partial charge in [-0.05, 0) is 12.0 Å². The molecule has 18 heavy (non-hydrogen) atoms. The Balaban J connectivity index is 1.83.